The molecule has 0 saturated heterocycles. The van der Waals surface area contributed by atoms with Gasteiger partial charge in [0, 0.05) is 0 Å². The van der Waals surface area contributed by atoms with Crippen LogP contribution in [0.2, 0.25) is 0 Å². The number of hydrogen-bond acceptors (Lipinski definition) is 1. The summed E-state index contributed by atoms with van der Waals surface area (Å²) in [5, 5.41) is 0. The standard InChI is InChI=1S/CH2NS.2CH3.3HI.V.Y/c2-1-3;;;;;;;/h(H2,2,3);2*1H3;3*1H;;/q3*-1;;;;2*+3/p-3. The second-order valence-electron chi connectivity index (χ2n) is 0.310. The van der Waals surface area contributed by atoms with Crippen molar-refractivity contribution in [3.8, 4) is 0 Å². The van der Waals surface area contributed by atoms with Gasteiger partial charge in [-0.05, 0) is 0 Å². The zero-order valence-corrected chi connectivity index (χ0v) is 17.2. The topological polar surface area (TPSA) is 26.0 Å². The Morgan fingerprint density at radius 2 is 1.20 bits per heavy atom. The molecule has 60 valence electrons. The smallest absolute Gasteiger partial charge is 3.00 e. The van der Waals surface area contributed by atoms with E-state index in [0.29, 0.717) is 0 Å². The molecule has 0 aliphatic carbocycles. The van der Waals surface area contributed by atoms with Crippen molar-refractivity contribution in [3.05, 3.63) is 14.9 Å². The van der Waals surface area contributed by atoms with Crippen LogP contribution in [0.15, 0.2) is 0 Å². The summed E-state index contributed by atoms with van der Waals surface area (Å²) in [6, 6.07) is 0. The molecule has 0 rings (SSSR count). The molecule has 0 amide bonds. The SMILES string of the molecule is N[C-]=S.[CH3-].[CH3-].[I][V]([I])[I].[Y+3]. The van der Waals surface area contributed by atoms with Crippen LogP contribution < -0.4 is 5.73 Å². The van der Waals surface area contributed by atoms with Crippen LogP contribution in [-0.2, 0) is 37.6 Å². The molecule has 0 aliphatic heterocycles. The van der Waals surface area contributed by atoms with Crippen molar-refractivity contribution in [2.24, 2.45) is 5.73 Å². The molecule has 0 heterocycles. The molecular formula is C3H8I3NSVY. The first-order chi connectivity index (χ1) is 3.15. The Labute approximate surface area is 132 Å². The molecule has 0 saturated carbocycles. The summed E-state index contributed by atoms with van der Waals surface area (Å²) < 4.78 is 0. The Morgan fingerprint density at radius 1 is 1.20 bits per heavy atom. The predicted octanol–water partition coefficient (Wildman–Crippen LogP) is 3.33. The van der Waals surface area contributed by atoms with Crippen LogP contribution in [0.3, 0.4) is 0 Å². The van der Waals surface area contributed by atoms with Gasteiger partial charge in [-0.25, -0.2) is 0 Å². The van der Waals surface area contributed by atoms with Gasteiger partial charge in [-0.1, -0.05) is 0 Å². The number of hydrogen-bond donors (Lipinski definition) is 1. The second-order valence-corrected chi connectivity index (χ2v) is 35.9. The Balaban J connectivity index is -0.0000000131. The van der Waals surface area contributed by atoms with E-state index in [1.807, 2.05) is 5.49 Å². The Bertz CT molecular complexity index is 48.0. The van der Waals surface area contributed by atoms with Gasteiger partial charge in [0.25, 0.3) is 0 Å². The fourth-order valence-electron chi connectivity index (χ4n) is 0. The minimum Gasteiger partial charge on any atom is 3.00 e. The minimum absolute atomic E-state index is 0. The third kappa shape index (κ3) is 96.1. The van der Waals surface area contributed by atoms with E-state index in [1.54, 1.807) is 0 Å². The molecule has 0 aromatic rings. The Morgan fingerprint density at radius 3 is 1.20 bits per heavy atom. The molecule has 10 heavy (non-hydrogen) atoms. The van der Waals surface area contributed by atoms with E-state index in [0.717, 1.165) is 0 Å². The van der Waals surface area contributed by atoms with E-state index in [2.05, 4.69) is 77.9 Å². The zero-order valence-electron chi connectivity index (χ0n) is 5.64. The van der Waals surface area contributed by atoms with Gasteiger partial charge in [0.15, 0.2) is 0 Å². The maximum absolute atomic E-state index is 4.41. The van der Waals surface area contributed by atoms with Gasteiger partial charge in [-0.15, -0.1) is 0 Å². The molecule has 2 N–H and O–H groups in total. The number of halogens is 3. The Hall–Kier alpha value is 3.77. The second kappa shape index (κ2) is 29.3. The van der Waals surface area contributed by atoms with Crippen molar-refractivity contribution >= 4 is 77.6 Å². The Kier molecular flexibility index (Phi) is 85.6. The van der Waals surface area contributed by atoms with Crippen LogP contribution in [0.5, 0.6) is 0 Å². The van der Waals surface area contributed by atoms with Gasteiger partial charge < -0.3 is 38.3 Å². The van der Waals surface area contributed by atoms with Crippen LogP contribution in [0.1, 0.15) is 0 Å². The predicted molar refractivity (Wildman–Crippen MR) is 71.7 cm³/mol. The molecule has 0 fully saturated rings. The molecule has 0 spiro atoms. The first-order valence-corrected chi connectivity index (χ1v) is 14.9. The van der Waals surface area contributed by atoms with Crippen molar-refractivity contribution in [1.29, 1.82) is 0 Å². The number of nitrogens with two attached hydrogens (primary N) is 1. The number of thiocarbonyl (C=S) groups is 1. The summed E-state index contributed by atoms with van der Waals surface area (Å²) in [5.74, 6) is 0. The largest absolute Gasteiger partial charge is 3.00 e. The summed E-state index contributed by atoms with van der Waals surface area (Å²) in [5.41, 5.74) is 6.25. The summed E-state index contributed by atoms with van der Waals surface area (Å²) in [6.45, 7) is 0. The molecule has 1 nitrogen and oxygen atoms in total. The average Bonchev–Trinajstić information content (AvgIpc) is 1.33. The minimum atomic E-state index is -0.278. The third-order valence-corrected chi connectivity index (χ3v) is 0. The quantitative estimate of drug-likeness (QED) is 0.197. The molecule has 7 heteroatoms. The summed E-state index contributed by atoms with van der Waals surface area (Å²) in [4.78, 5) is -0.278. The fraction of sp³-hybridized carbons (Fsp3) is 0. The van der Waals surface area contributed by atoms with Gasteiger partial charge in [0.2, 0.25) is 0 Å². The maximum Gasteiger partial charge on any atom is 3.00 e. The monoisotopic (exact) mass is 611 g/mol. The average molecular weight is 611 g/mol. The molecule has 0 aliphatic rings. The van der Waals surface area contributed by atoms with E-state index >= 15 is 0 Å². The van der Waals surface area contributed by atoms with Gasteiger partial charge >= 0.3 is 97.6 Å². The first-order valence-electron chi connectivity index (χ1n) is 1.000. The zero-order chi connectivity index (χ0) is 6.28. The molecule has 0 radical (unpaired) electrons. The van der Waals surface area contributed by atoms with Crippen molar-refractivity contribution < 1.29 is 37.6 Å². The molecular weight excluding hydrogens is 603 g/mol. The van der Waals surface area contributed by atoms with Crippen LogP contribution in [0.4, 0.5) is 0 Å². The normalized spacial score (nSPS) is 4.80. The molecule has 0 unspecified atom stereocenters. The summed E-state index contributed by atoms with van der Waals surface area (Å²) in [6.07, 6.45) is 0. The van der Waals surface area contributed by atoms with E-state index in [4.69, 9.17) is 0 Å². The van der Waals surface area contributed by atoms with Crippen molar-refractivity contribution in [1.82, 2.24) is 0 Å². The van der Waals surface area contributed by atoms with Gasteiger partial charge in [-0.3, -0.25) is 0 Å². The van der Waals surface area contributed by atoms with Crippen LogP contribution in [0.25, 0.3) is 0 Å². The van der Waals surface area contributed by atoms with Gasteiger partial charge in [0.1, 0.15) is 0 Å². The molecule has 0 atom stereocenters. The van der Waals surface area contributed by atoms with Crippen molar-refractivity contribution in [2.75, 3.05) is 0 Å². The molecule has 0 aromatic carbocycles. The first kappa shape index (κ1) is 29.2. The van der Waals surface area contributed by atoms with Crippen LogP contribution in [-0.4, -0.2) is 5.49 Å². The van der Waals surface area contributed by atoms with Gasteiger partial charge in [0.05, 0.1) is 0 Å². The van der Waals surface area contributed by atoms with E-state index in [9.17, 15) is 0 Å². The van der Waals surface area contributed by atoms with Gasteiger partial charge in [-0.2, -0.15) is 0 Å². The van der Waals surface area contributed by atoms with Crippen molar-refractivity contribution in [2.45, 2.75) is 0 Å². The number of rotatable bonds is 0. The van der Waals surface area contributed by atoms with E-state index in [1.165, 1.54) is 0 Å². The molecule has 0 bridgehead atoms. The molecule has 0 aromatic heterocycles. The van der Waals surface area contributed by atoms with E-state index < -0.39 is 0 Å². The summed E-state index contributed by atoms with van der Waals surface area (Å²) >= 11 is 11.3. The van der Waals surface area contributed by atoms with E-state index in [-0.39, 0.29) is 52.5 Å². The van der Waals surface area contributed by atoms with Crippen molar-refractivity contribution in [3.63, 3.8) is 0 Å². The fourth-order valence-corrected chi connectivity index (χ4v) is 0. The van der Waals surface area contributed by atoms with Crippen LogP contribution in [0, 0.1) is 14.9 Å². The van der Waals surface area contributed by atoms with Crippen LogP contribution >= 0.6 is 72.2 Å². The summed E-state index contributed by atoms with van der Waals surface area (Å²) in [7, 11) is 0. The maximum atomic E-state index is 4.41. The third-order valence-electron chi connectivity index (χ3n) is 0.